The van der Waals surface area contributed by atoms with E-state index in [0.717, 1.165) is 25.7 Å². The maximum atomic E-state index is 12.7. The number of piperidine rings is 1. The van der Waals surface area contributed by atoms with Crippen LogP contribution >= 0.6 is 11.6 Å². The maximum Gasteiger partial charge on any atom is 0.303 e. The van der Waals surface area contributed by atoms with Gasteiger partial charge < -0.3 is 10.0 Å². The van der Waals surface area contributed by atoms with Gasteiger partial charge in [-0.2, -0.15) is 0 Å². The summed E-state index contributed by atoms with van der Waals surface area (Å²) in [7, 11) is 0. The van der Waals surface area contributed by atoms with Gasteiger partial charge >= 0.3 is 5.97 Å². The highest BCUT2D eigenvalue weighted by molar-refractivity contribution is 6.33. The molecule has 2 saturated heterocycles. The largest absolute Gasteiger partial charge is 0.481 e. The van der Waals surface area contributed by atoms with Gasteiger partial charge in [-0.05, 0) is 37.7 Å². The summed E-state index contributed by atoms with van der Waals surface area (Å²) in [5, 5.41) is 9.31. The summed E-state index contributed by atoms with van der Waals surface area (Å²) in [6.45, 7) is 0. The van der Waals surface area contributed by atoms with Crippen LogP contribution in [0.5, 0.6) is 0 Å². The number of hydrogen-bond donors (Lipinski definition) is 1. The van der Waals surface area contributed by atoms with E-state index in [9.17, 15) is 9.59 Å². The number of aliphatic carboxylic acids is 1. The lowest BCUT2D eigenvalue weighted by Crippen LogP contribution is -2.47. The zero-order chi connectivity index (χ0) is 15.0. The molecule has 3 rings (SSSR count). The summed E-state index contributed by atoms with van der Waals surface area (Å²) in [6.07, 6.45) is 6.70. The minimum absolute atomic E-state index is 0.0522. The molecule has 2 aliphatic heterocycles. The van der Waals surface area contributed by atoms with Gasteiger partial charge in [0.25, 0.3) is 5.91 Å². The highest BCUT2D eigenvalue weighted by Gasteiger charge is 2.44. The minimum atomic E-state index is -0.753. The van der Waals surface area contributed by atoms with Crippen molar-refractivity contribution in [2.24, 2.45) is 5.92 Å². The third-order valence-electron chi connectivity index (χ3n) is 4.53. The molecule has 1 amide bonds. The third kappa shape index (κ3) is 2.75. The molecule has 112 valence electrons. The first-order chi connectivity index (χ1) is 10.1. The number of nitrogens with zero attached hydrogens (tertiary/aromatic N) is 2. The van der Waals surface area contributed by atoms with Crippen molar-refractivity contribution in [2.45, 2.75) is 44.2 Å². The van der Waals surface area contributed by atoms with Crippen molar-refractivity contribution < 1.29 is 14.7 Å². The Hall–Kier alpha value is -1.62. The van der Waals surface area contributed by atoms with Crippen molar-refractivity contribution in [3.8, 4) is 0 Å². The van der Waals surface area contributed by atoms with E-state index in [4.69, 9.17) is 16.7 Å². The summed E-state index contributed by atoms with van der Waals surface area (Å²) < 4.78 is 0. The molecular weight excluding hydrogens is 292 g/mol. The number of carbonyl (C=O) groups excluding carboxylic acids is 1. The summed E-state index contributed by atoms with van der Waals surface area (Å²) in [5.74, 6) is -0.628. The summed E-state index contributed by atoms with van der Waals surface area (Å²) >= 11 is 6.06. The zero-order valence-corrected chi connectivity index (χ0v) is 12.3. The van der Waals surface area contributed by atoms with E-state index in [1.165, 1.54) is 6.20 Å². The lowest BCUT2D eigenvalue weighted by molar-refractivity contribution is -0.138. The lowest BCUT2D eigenvalue weighted by Gasteiger charge is -2.38. The molecule has 2 unspecified atom stereocenters. The van der Waals surface area contributed by atoms with Crippen molar-refractivity contribution in [1.29, 1.82) is 0 Å². The minimum Gasteiger partial charge on any atom is -0.481 e. The van der Waals surface area contributed by atoms with Gasteiger partial charge in [0.15, 0.2) is 0 Å². The summed E-state index contributed by atoms with van der Waals surface area (Å²) in [6, 6.07) is 1.93. The Morgan fingerprint density at radius 3 is 2.57 bits per heavy atom. The van der Waals surface area contributed by atoms with Crippen molar-refractivity contribution >= 4 is 23.5 Å². The molecule has 1 aromatic heterocycles. The van der Waals surface area contributed by atoms with Crippen LogP contribution in [0.2, 0.25) is 5.02 Å². The first-order valence-electron chi connectivity index (χ1n) is 7.20. The van der Waals surface area contributed by atoms with Crippen LogP contribution in [0.3, 0.4) is 0 Å². The molecule has 6 heteroatoms. The molecule has 3 heterocycles. The molecule has 0 spiro atoms. The number of hydrogen-bond acceptors (Lipinski definition) is 3. The molecule has 0 aliphatic carbocycles. The third-order valence-corrected chi connectivity index (χ3v) is 4.83. The Balaban J connectivity index is 1.78. The average molecular weight is 309 g/mol. The van der Waals surface area contributed by atoms with E-state index in [1.807, 2.05) is 4.90 Å². The van der Waals surface area contributed by atoms with E-state index < -0.39 is 5.97 Å². The van der Waals surface area contributed by atoms with Crippen LogP contribution in [0.15, 0.2) is 18.5 Å². The van der Waals surface area contributed by atoms with Crippen LogP contribution in [-0.4, -0.2) is 39.0 Å². The number of rotatable bonds is 3. The number of halogens is 1. The molecule has 2 bridgehead atoms. The van der Waals surface area contributed by atoms with Gasteiger partial charge in [-0.3, -0.25) is 14.6 Å². The van der Waals surface area contributed by atoms with Gasteiger partial charge in [0, 0.05) is 30.9 Å². The fraction of sp³-hybridized carbons (Fsp3) is 0.533. The second kappa shape index (κ2) is 5.64. The predicted octanol–water partition coefficient (Wildman–Crippen LogP) is 2.59. The van der Waals surface area contributed by atoms with E-state index in [-0.39, 0.29) is 30.3 Å². The monoisotopic (exact) mass is 308 g/mol. The van der Waals surface area contributed by atoms with Crippen molar-refractivity contribution in [3.05, 3.63) is 29.0 Å². The van der Waals surface area contributed by atoms with Gasteiger partial charge in [0.1, 0.15) is 0 Å². The molecular formula is C15H17ClN2O3. The van der Waals surface area contributed by atoms with Crippen LogP contribution < -0.4 is 0 Å². The molecule has 0 aromatic carbocycles. The first-order valence-corrected chi connectivity index (χ1v) is 7.58. The van der Waals surface area contributed by atoms with E-state index in [2.05, 4.69) is 4.98 Å². The molecule has 2 aliphatic rings. The molecule has 0 radical (unpaired) electrons. The number of fused-ring (bicyclic) bond motifs is 2. The average Bonchev–Trinajstić information content (AvgIpc) is 2.69. The topological polar surface area (TPSA) is 70.5 Å². The zero-order valence-electron chi connectivity index (χ0n) is 11.5. The molecule has 1 aromatic rings. The number of amides is 1. The van der Waals surface area contributed by atoms with Gasteiger partial charge in [-0.15, -0.1) is 0 Å². The second-order valence-corrected chi connectivity index (χ2v) is 6.30. The van der Waals surface area contributed by atoms with Crippen LogP contribution in [0.4, 0.5) is 0 Å². The smallest absolute Gasteiger partial charge is 0.303 e. The highest BCUT2D eigenvalue weighted by atomic mass is 35.5. The fourth-order valence-corrected chi connectivity index (χ4v) is 3.92. The van der Waals surface area contributed by atoms with Crippen LogP contribution in [0, 0.1) is 5.92 Å². The molecule has 0 saturated carbocycles. The maximum absolute atomic E-state index is 12.7. The van der Waals surface area contributed by atoms with Gasteiger partial charge in [-0.25, -0.2) is 0 Å². The first kappa shape index (κ1) is 14.3. The molecule has 2 fully saturated rings. The fourth-order valence-electron chi connectivity index (χ4n) is 3.72. The number of pyridine rings is 1. The van der Waals surface area contributed by atoms with Gasteiger partial charge in [0.05, 0.1) is 10.6 Å². The Bertz CT molecular complexity index is 564. The van der Waals surface area contributed by atoms with Crippen LogP contribution in [0.1, 0.15) is 42.5 Å². The van der Waals surface area contributed by atoms with Crippen molar-refractivity contribution in [1.82, 2.24) is 9.88 Å². The van der Waals surface area contributed by atoms with E-state index in [1.54, 1.807) is 12.3 Å². The Morgan fingerprint density at radius 2 is 2.00 bits per heavy atom. The number of carbonyl (C=O) groups is 2. The molecule has 5 nitrogen and oxygen atoms in total. The van der Waals surface area contributed by atoms with E-state index in [0.29, 0.717) is 10.6 Å². The Kier molecular flexibility index (Phi) is 3.85. The van der Waals surface area contributed by atoms with Crippen molar-refractivity contribution in [2.75, 3.05) is 0 Å². The highest BCUT2D eigenvalue weighted by Crippen LogP contribution is 2.41. The standard InChI is InChI=1S/C15H17ClN2O3/c16-13-8-17-4-3-12(13)15(21)18-10-1-2-11(18)6-9(5-10)7-14(19)20/h3-4,8-11H,1-2,5-7H2,(H,19,20). The normalized spacial score (nSPS) is 27.7. The SMILES string of the molecule is O=C(O)CC1CC2CCC(C1)N2C(=O)c1ccncc1Cl. The molecule has 1 N–H and O–H groups in total. The quantitative estimate of drug-likeness (QED) is 0.931. The Labute approximate surface area is 127 Å². The number of carboxylic acids is 1. The van der Waals surface area contributed by atoms with Crippen molar-refractivity contribution in [3.63, 3.8) is 0 Å². The number of aromatic nitrogens is 1. The van der Waals surface area contributed by atoms with Gasteiger partial charge in [0.2, 0.25) is 0 Å². The summed E-state index contributed by atoms with van der Waals surface area (Å²) in [5.41, 5.74) is 0.486. The van der Waals surface area contributed by atoms with Crippen LogP contribution in [-0.2, 0) is 4.79 Å². The predicted molar refractivity (Wildman–Crippen MR) is 77.2 cm³/mol. The summed E-state index contributed by atoms with van der Waals surface area (Å²) in [4.78, 5) is 29.4. The van der Waals surface area contributed by atoms with Gasteiger partial charge in [-0.1, -0.05) is 11.6 Å². The van der Waals surface area contributed by atoms with E-state index >= 15 is 0 Å². The number of carboxylic acid groups (broad SMARTS) is 1. The Morgan fingerprint density at radius 1 is 1.33 bits per heavy atom. The lowest BCUT2D eigenvalue weighted by atomic mass is 9.88. The molecule has 2 atom stereocenters. The van der Waals surface area contributed by atoms with Crippen LogP contribution in [0.25, 0.3) is 0 Å². The molecule has 21 heavy (non-hydrogen) atoms. The second-order valence-electron chi connectivity index (χ2n) is 5.89.